The predicted molar refractivity (Wildman–Crippen MR) is 70.2 cm³/mol. The summed E-state index contributed by atoms with van der Waals surface area (Å²) in [5.41, 5.74) is 0.263. The molecule has 0 unspecified atom stereocenters. The molecule has 0 amide bonds. The molecule has 16 heavy (non-hydrogen) atoms. The van der Waals surface area contributed by atoms with Crippen molar-refractivity contribution in [2.24, 2.45) is 0 Å². The van der Waals surface area contributed by atoms with Gasteiger partial charge >= 0.3 is 0 Å². The van der Waals surface area contributed by atoms with E-state index in [1.807, 2.05) is 6.07 Å². The summed E-state index contributed by atoms with van der Waals surface area (Å²) in [7, 11) is -3.62. The normalized spacial score (nSPS) is 11.1. The fourth-order valence-electron chi connectivity index (χ4n) is 1.03. The summed E-state index contributed by atoms with van der Waals surface area (Å²) in [4.78, 5) is -0.0573. The zero-order valence-electron chi connectivity index (χ0n) is 8.07. The number of hydrogen-bond donors (Lipinski definition) is 1. The fraction of sp³-hybridized carbons (Fsp3) is 0.222. The van der Waals surface area contributed by atoms with Gasteiger partial charge in [0.05, 0.1) is 16.7 Å². The molecule has 0 bridgehead atoms. The molecule has 0 fully saturated rings. The van der Waals surface area contributed by atoms with E-state index in [-0.39, 0.29) is 15.5 Å². The van der Waals surface area contributed by atoms with E-state index in [0.29, 0.717) is 11.0 Å². The molecule has 1 N–H and O–H groups in total. The number of sulfonamides is 1. The van der Waals surface area contributed by atoms with Gasteiger partial charge in [0.25, 0.3) is 0 Å². The third-order valence-corrected chi connectivity index (χ3v) is 4.22. The van der Waals surface area contributed by atoms with Crippen molar-refractivity contribution in [1.29, 1.82) is 5.26 Å². The number of nitrogens with zero attached hydrogens (tertiary/aromatic N) is 1. The molecule has 0 aromatic heterocycles. The molecule has 0 aliphatic heterocycles. The molecule has 1 rings (SSSR count). The van der Waals surface area contributed by atoms with Crippen LogP contribution < -0.4 is 4.72 Å². The Kier molecular flexibility index (Phi) is 4.98. The molecule has 0 aliphatic carbocycles. The lowest BCUT2D eigenvalue weighted by molar-refractivity contribution is 0.584. The van der Waals surface area contributed by atoms with Crippen LogP contribution in [0, 0.1) is 11.3 Å². The Morgan fingerprint density at radius 2 is 2.19 bits per heavy atom. The molecule has 4 nitrogen and oxygen atoms in total. The average Bonchev–Trinajstić information content (AvgIpc) is 2.27. The Morgan fingerprint density at radius 3 is 2.75 bits per heavy atom. The molecule has 0 radical (unpaired) electrons. The summed E-state index contributed by atoms with van der Waals surface area (Å²) in [6.07, 6.45) is 0. The van der Waals surface area contributed by atoms with Crippen LogP contribution in [0.1, 0.15) is 5.56 Å². The Balaban J connectivity index is 3.17. The van der Waals surface area contributed by atoms with Gasteiger partial charge in [-0.15, -0.1) is 0 Å². The standard InChI is InChI=1S/C9H8ClIN2O2S/c10-8-2-1-7(6-12)5-9(8)16(14,15)13-4-3-11/h1-2,5,13H,3-4H2. The molecule has 0 atom stereocenters. The van der Waals surface area contributed by atoms with Crippen molar-refractivity contribution in [3.8, 4) is 6.07 Å². The smallest absolute Gasteiger partial charge is 0.210 e. The average molecular weight is 371 g/mol. The van der Waals surface area contributed by atoms with Crippen LogP contribution in [0.4, 0.5) is 0 Å². The van der Waals surface area contributed by atoms with Crippen molar-refractivity contribution in [2.45, 2.75) is 4.90 Å². The highest BCUT2D eigenvalue weighted by atomic mass is 127. The second kappa shape index (κ2) is 5.82. The van der Waals surface area contributed by atoms with Gasteiger partial charge in [-0.05, 0) is 18.2 Å². The van der Waals surface area contributed by atoms with Crippen LogP contribution in [-0.2, 0) is 10.0 Å². The minimum Gasteiger partial charge on any atom is -0.210 e. The molecular formula is C9H8ClIN2O2S. The number of rotatable bonds is 4. The van der Waals surface area contributed by atoms with E-state index < -0.39 is 10.0 Å². The summed E-state index contributed by atoms with van der Waals surface area (Å²) < 4.78 is 26.6. The summed E-state index contributed by atoms with van der Waals surface area (Å²) in [5.74, 6) is 0. The highest BCUT2D eigenvalue weighted by molar-refractivity contribution is 14.1. The van der Waals surface area contributed by atoms with E-state index >= 15 is 0 Å². The monoisotopic (exact) mass is 370 g/mol. The maximum Gasteiger partial charge on any atom is 0.242 e. The molecule has 0 aliphatic rings. The largest absolute Gasteiger partial charge is 0.242 e. The first-order valence-corrected chi connectivity index (χ1v) is 7.65. The minimum absolute atomic E-state index is 0.0573. The second-order valence-electron chi connectivity index (χ2n) is 2.84. The quantitative estimate of drug-likeness (QED) is 0.650. The van der Waals surface area contributed by atoms with E-state index in [0.717, 1.165) is 0 Å². The van der Waals surface area contributed by atoms with Gasteiger partial charge in [0, 0.05) is 11.0 Å². The molecule has 7 heteroatoms. The van der Waals surface area contributed by atoms with Crippen molar-refractivity contribution >= 4 is 44.2 Å². The van der Waals surface area contributed by atoms with Gasteiger partial charge in [0.2, 0.25) is 10.0 Å². The van der Waals surface area contributed by atoms with Gasteiger partial charge in [-0.1, -0.05) is 34.2 Å². The highest BCUT2D eigenvalue weighted by Gasteiger charge is 2.17. The van der Waals surface area contributed by atoms with Crippen LogP contribution in [0.3, 0.4) is 0 Å². The van der Waals surface area contributed by atoms with Crippen LogP contribution in [0.25, 0.3) is 0 Å². The molecule has 0 saturated carbocycles. The van der Waals surface area contributed by atoms with Gasteiger partial charge < -0.3 is 0 Å². The van der Waals surface area contributed by atoms with Crippen LogP contribution in [0.2, 0.25) is 5.02 Å². The molecule has 86 valence electrons. The van der Waals surface area contributed by atoms with Crippen molar-refractivity contribution in [2.75, 3.05) is 11.0 Å². The fourth-order valence-corrected chi connectivity index (χ4v) is 3.22. The van der Waals surface area contributed by atoms with Crippen molar-refractivity contribution in [1.82, 2.24) is 4.72 Å². The topological polar surface area (TPSA) is 70.0 Å². The highest BCUT2D eigenvalue weighted by Crippen LogP contribution is 2.22. The van der Waals surface area contributed by atoms with Gasteiger partial charge in [0.15, 0.2) is 0 Å². The van der Waals surface area contributed by atoms with E-state index in [1.54, 1.807) is 0 Å². The maximum absolute atomic E-state index is 11.8. The summed E-state index contributed by atoms with van der Waals surface area (Å²) in [6, 6.07) is 6.01. The zero-order valence-corrected chi connectivity index (χ0v) is 11.8. The summed E-state index contributed by atoms with van der Waals surface area (Å²) >= 11 is 7.84. The van der Waals surface area contributed by atoms with E-state index in [1.165, 1.54) is 18.2 Å². The van der Waals surface area contributed by atoms with E-state index in [4.69, 9.17) is 16.9 Å². The van der Waals surface area contributed by atoms with Crippen LogP contribution >= 0.6 is 34.2 Å². The molecule has 0 spiro atoms. The predicted octanol–water partition coefficient (Wildman–Crippen LogP) is 1.92. The number of hydrogen-bond acceptors (Lipinski definition) is 3. The summed E-state index contributed by atoms with van der Waals surface area (Å²) in [5, 5.41) is 8.80. The Hall–Kier alpha value is -0.360. The maximum atomic E-state index is 11.8. The minimum atomic E-state index is -3.62. The molecule has 0 saturated heterocycles. The van der Waals surface area contributed by atoms with Gasteiger partial charge in [0.1, 0.15) is 4.90 Å². The first kappa shape index (κ1) is 13.7. The zero-order chi connectivity index (χ0) is 12.2. The van der Waals surface area contributed by atoms with Crippen LogP contribution in [0.5, 0.6) is 0 Å². The third kappa shape index (κ3) is 3.31. The van der Waals surface area contributed by atoms with Crippen LogP contribution in [0.15, 0.2) is 23.1 Å². The molecular weight excluding hydrogens is 363 g/mol. The first-order chi connectivity index (χ1) is 7.51. The van der Waals surface area contributed by atoms with Gasteiger partial charge in [-0.2, -0.15) is 5.26 Å². The lowest BCUT2D eigenvalue weighted by atomic mass is 10.2. The molecule has 0 heterocycles. The van der Waals surface area contributed by atoms with Crippen molar-refractivity contribution < 1.29 is 8.42 Å². The first-order valence-electron chi connectivity index (χ1n) is 4.26. The van der Waals surface area contributed by atoms with Gasteiger partial charge in [-0.25, -0.2) is 13.1 Å². The lowest BCUT2D eigenvalue weighted by Gasteiger charge is -2.07. The second-order valence-corrected chi connectivity index (χ2v) is 6.07. The number of benzene rings is 1. The Labute approximate surface area is 113 Å². The number of nitrogens with one attached hydrogen (secondary N) is 1. The van der Waals surface area contributed by atoms with E-state index in [9.17, 15) is 8.42 Å². The van der Waals surface area contributed by atoms with E-state index in [2.05, 4.69) is 27.3 Å². The SMILES string of the molecule is N#Cc1ccc(Cl)c(S(=O)(=O)NCCI)c1. The lowest BCUT2D eigenvalue weighted by Crippen LogP contribution is -2.25. The van der Waals surface area contributed by atoms with Gasteiger partial charge in [-0.3, -0.25) is 0 Å². The number of nitriles is 1. The molecule has 1 aromatic carbocycles. The van der Waals surface area contributed by atoms with Crippen molar-refractivity contribution in [3.05, 3.63) is 28.8 Å². The number of alkyl halides is 1. The van der Waals surface area contributed by atoms with Crippen molar-refractivity contribution in [3.63, 3.8) is 0 Å². The Bertz CT molecular complexity index is 525. The number of halogens is 2. The van der Waals surface area contributed by atoms with Crippen LogP contribution in [-0.4, -0.2) is 19.4 Å². The Morgan fingerprint density at radius 1 is 1.50 bits per heavy atom. The third-order valence-electron chi connectivity index (χ3n) is 1.74. The molecule has 1 aromatic rings. The summed E-state index contributed by atoms with van der Waals surface area (Å²) in [6.45, 7) is 0.329.